The Morgan fingerprint density at radius 1 is 1.03 bits per heavy atom. The number of hydrogen-bond donors (Lipinski definition) is 0. The van der Waals surface area contributed by atoms with Crippen molar-refractivity contribution >= 4 is 11.8 Å². The van der Waals surface area contributed by atoms with Crippen molar-refractivity contribution in [2.45, 2.75) is 111 Å². The number of halogens is 2. The fraction of sp³-hybridized carbons (Fsp3) is 0.625. The molecule has 0 bridgehead atoms. The highest BCUT2D eigenvalue weighted by molar-refractivity contribution is 7.98. The summed E-state index contributed by atoms with van der Waals surface area (Å²) in [7, 11) is 0. The van der Waals surface area contributed by atoms with Gasteiger partial charge in [0.15, 0.2) is 0 Å². The maximum absolute atomic E-state index is 12.0. The Bertz CT molecular complexity index is 764. The second-order valence-electron chi connectivity index (χ2n) is 9.37. The van der Waals surface area contributed by atoms with Crippen LogP contribution < -0.4 is 0 Å². The maximum atomic E-state index is 12.0. The molecule has 35 heavy (non-hydrogen) atoms. The molecule has 198 valence electrons. The summed E-state index contributed by atoms with van der Waals surface area (Å²) in [4.78, 5) is 0. The first kappa shape index (κ1) is 33.5. The molecule has 0 aromatic heterocycles. The summed E-state index contributed by atoms with van der Waals surface area (Å²) in [5, 5.41) is 0. The van der Waals surface area contributed by atoms with Gasteiger partial charge in [0, 0.05) is 6.42 Å². The minimum absolute atomic E-state index is 0.0217. The number of alkyl halides is 2. The van der Waals surface area contributed by atoms with Gasteiger partial charge in [0.05, 0.1) is 5.41 Å². The molecule has 0 amide bonds. The van der Waals surface area contributed by atoms with E-state index in [0.717, 1.165) is 25.0 Å². The van der Waals surface area contributed by atoms with Gasteiger partial charge in [-0.1, -0.05) is 107 Å². The normalized spacial score (nSPS) is 14.5. The number of rotatable bonds is 15. The first-order valence-electron chi connectivity index (χ1n) is 13.4. The van der Waals surface area contributed by atoms with Crippen LogP contribution in [0.5, 0.6) is 0 Å². The summed E-state index contributed by atoms with van der Waals surface area (Å²) in [6, 6.07) is 10.9. The van der Waals surface area contributed by atoms with E-state index in [-0.39, 0.29) is 11.8 Å². The molecule has 0 N–H and O–H groups in total. The van der Waals surface area contributed by atoms with E-state index in [2.05, 4.69) is 88.1 Å². The number of benzene rings is 1. The lowest BCUT2D eigenvalue weighted by Crippen LogP contribution is -2.27. The third kappa shape index (κ3) is 14.0. The molecule has 0 heterocycles. The predicted octanol–water partition coefficient (Wildman–Crippen LogP) is 10.6. The van der Waals surface area contributed by atoms with Gasteiger partial charge < -0.3 is 0 Å². The van der Waals surface area contributed by atoms with Crippen molar-refractivity contribution in [3.63, 3.8) is 0 Å². The van der Waals surface area contributed by atoms with Crippen LogP contribution in [0, 0.1) is 17.8 Å². The Morgan fingerprint density at radius 2 is 1.69 bits per heavy atom. The SMILES string of the molecule is CC#CC(CCCC(CC)CCCC)(C(/C=C\C)=C/C)c1ccccc1.CSCCCC(C)(F)F. The summed E-state index contributed by atoms with van der Waals surface area (Å²) in [6.45, 7) is 11.8. The zero-order valence-electron chi connectivity index (χ0n) is 23.4. The van der Waals surface area contributed by atoms with Crippen molar-refractivity contribution in [2.75, 3.05) is 12.0 Å². The second kappa shape index (κ2) is 19.6. The Balaban J connectivity index is 0.00000109. The van der Waals surface area contributed by atoms with Crippen LogP contribution in [0.15, 0.2) is 54.1 Å². The Kier molecular flexibility index (Phi) is 18.8. The van der Waals surface area contributed by atoms with Crippen LogP contribution in [0.3, 0.4) is 0 Å². The minimum Gasteiger partial charge on any atom is -0.207 e. The summed E-state index contributed by atoms with van der Waals surface area (Å²) in [5.41, 5.74) is 2.45. The minimum atomic E-state index is -2.46. The molecule has 0 spiro atoms. The third-order valence-electron chi connectivity index (χ3n) is 6.43. The second-order valence-corrected chi connectivity index (χ2v) is 10.4. The fourth-order valence-electron chi connectivity index (χ4n) is 4.49. The lowest BCUT2D eigenvalue weighted by Gasteiger charge is -2.32. The molecular formula is C32H50F2S. The van der Waals surface area contributed by atoms with Gasteiger partial charge >= 0.3 is 0 Å². The van der Waals surface area contributed by atoms with E-state index in [1.165, 1.54) is 49.7 Å². The smallest absolute Gasteiger partial charge is 0.207 e. The van der Waals surface area contributed by atoms with Crippen LogP contribution in [0.25, 0.3) is 0 Å². The zero-order valence-corrected chi connectivity index (χ0v) is 24.2. The molecule has 0 aliphatic carbocycles. The van der Waals surface area contributed by atoms with Crippen LogP contribution in [0.1, 0.15) is 105 Å². The van der Waals surface area contributed by atoms with E-state index in [1.54, 1.807) is 11.8 Å². The first-order chi connectivity index (χ1) is 16.7. The largest absolute Gasteiger partial charge is 0.245 e. The molecule has 1 aromatic carbocycles. The predicted molar refractivity (Wildman–Crippen MR) is 156 cm³/mol. The molecular weight excluding hydrogens is 454 g/mol. The van der Waals surface area contributed by atoms with Crippen LogP contribution in [0.2, 0.25) is 0 Å². The standard InChI is InChI=1S/C26H38.C6H12F2S/c1-6-11-17-23(9-4)18-15-22-26(21-8-3,24(10-5)16-7-2)25-19-13-12-14-20-25;1-6(7,8)4-3-5-9-2/h7,10,12-14,16,19-20,23H,6,9,11,15,17-18,22H2,1-5H3;3-5H2,1-2H3/b16-7-,24-10+;. The number of thioether (sulfide) groups is 1. The van der Waals surface area contributed by atoms with E-state index in [1.807, 2.05) is 13.2 Å². The highest BCUT2D eigenvalue weighted by Gasteiger charge is 2.32. The van der Waals surface area contributed by atoms with Gasteiger partial charge in [-0.05, 0) is 69.6 Å². The van der Waals surface area contributed by atoms with E-state index < -0.39 is 5.92 Å². The topological polar surface area (TPSA) is 0 Å². The average molecular weight is 505 g/mol. The van der Waals surface area contributed by atoms with Crippen molar-refractivity contribution in [3.05, 3.63) is 59.7 Å². The van der Waals surface area contributed by atoms with Gasteiger partial charge in [-0.15, -0.1) is 5.92 Å². The van der Waals surface area contributed by atoms with E-state index in [9.17, 15) is 8.78 Å². The monoisotopic (exact) mass is 504 g/mol. The molecule has 1 rings (SSSR count). The third-order valence-corrected chi connectivity index (χ3v) is 7.12. The molecule has 1 aromatic rings. The summed E-state index contributed by atoms with van der Waals surface area (Å²) in [6.07, 6.45) is 18.1. The summed E-state index contributed by atoms with van der Waals surface area (Å²) >= 11 is 1.61. The molecule has 0 aliphatic heterocycles. The molecule has 0 fully saturated rings. The molecule has 2 unspecified atom stereocenters. The molecule has 0 saturated heterocycles. The zero-order chi connectivity index (χ0) is 26.6. The van der Waals surface area contributed by atoms with Crippen molar-refractivity contribution in [1.29, 1.82) is 0 Å². The van der Waals surface area contributed by atoms with Gasteiger partial charge in [-0.2, -0.15) is 11.8 Å². The van der Waals surface area contributed by atoms with Gasteiger partial charge in [0.1, 0.15) is 0 Å². The number of allylic oxidation sites excluding steroid dienone is 4. The summed E-state index contributed by atoms with van der Waals surface area (Å²) < 4.78 is 24.1. The molecule has 0 radical (unpaired) electrons. The number of hydrogen-bond acceptors (Lipinski definition) is 1. The van der Waals surface area contributed by atoms with E-state index in [4.69, 9.17) is 0 Å². The lowest BCUT2D eigenvalue weighted by molar-refractivity contribution is 0.0126. The quantitative estimate of drug-likeness (QED) is 0.130. The van der Waals surface area contributed by atoms with E-state index >= 15 is 0 Å². The van der Waals surface area contributed by atoms with Gasteiger partial charge in [0.25, 0.3) is 0 Å². The summed E-state index contributed by atoms with van der Waals surface area (Å²) in [5.74, 6) is 6.09. The van der Waals surface area contributed by atoms with Crippen molar-refractivity contribution < 1.29 is 8.78 Å². The van der Waals surface area contributed by atoms with Crippen molar-refractivity contribution in [2.24, 2.45) is 5.92 Å². The molecule has 0 saturated carbocycles. The van der Waals surface area contributed by atoms with Gasteiger partial charge in [-0.3, -0.25) is 0 Å². The van der Waals surface area contributed by atoms with Crippen LogP contribution in [-0.2, 0) is 5.41 Å². The van der Waals surface area contributed by atoms with Gasteiger partial charge in [0.2, 0.25) is 5.92 Å². The van der Waals surface area contributed by atoms with Crippen molar-refractivity contribution in [1.82, 2.24) is 0 Å². The van der Waals surface area contributed by atoms with Crippen LogP contribution >= 0.6 is 11.8 Å². The Morgan fingerprint density at radius 3 is 2.17 bits per heavy atom. The molecule has 2 atom stereocenters. The highest BCUT2D eigenvalue weighted by atomic mass is 32.2. The van der Waals surface area contributed by atoms with Crippen molar-refractivity contribution in [3.8, 4) is 11.8 Å². The first-order valence-corrected chi connectivity index (χ1v) is 14.8. The number of unbranched alkanes of at least 4 members (excludes halogenated alkanes) is 1. The Hall–Kier alpha value is -1.53. The maximum Gasteiger partial charge on any atom is 0.245 e. The molecule has 0 aliphatic rings. The van der Waals surface area contributed by atoms with Crippen LogP contribution in [-0.4, -0.2) is 17.9 Å². The molecule has 3 heteroatoms. The lowest BCUT2D eigenvalue weighted by atomic mass is 9.70. The fourth-order valence-corrected chi connectivity index (χ4v) is 4.92. The molecule has 0 nitrogen and oxygen atoms in total. The van der Waals surface area contributed by atoms with Crippen LogP contribution in [0.4, 0.5) is 8.78 Å². The van der Waals surface area contributed by atoms with E-state index in [0.29, 0.717) is 6.42 Å². The average Bonchev–Trinajstić information content (AvgIpc) is 2.84. The van der Waals surface area contributed by atoms with Gasteiger partial charge in [-0.25, -0.2) is 8.78 Å². The Labute approximate surface area is 220 Å². The highest BCUT2D eigenvalue weighted by Crippen LogP contribution is 2.38.